The van der Waals surface area contributed by atoms with E-state index in [4.69, 9.17) is 11.6 Å². The van der Waals surface area contributed by atoms with Crippen molar-refractivity contribution in [2.24, 2.45) is 0 Å². The molecule has 0 radical (unpaired) electrons. The molecular formula is C22H27ClN2O. The maximum Gasteiger partial charge on any atom is 0.315 e. The molecule has 0 fully saturated rings. The van der Waals surface area contributed by atoms with Crippen LogP contribution in [0.4, 0.5) is 4.79 Å². The van der Waals surface area contributed by atoms with E-state index in [9.17, 15) is 4.79 Å². The highest BCUT2D eigenvalue weighted by Crippen LogP contribution is 2.26. The zero-order valence-corrected chi connectivity index (χ0v) is 16.1. The maximum atomic E-state index is 12.3. The minimum Gasteiger partial charge on any atom is -0.338 e. The highest BCUT2D eigenvalue weighted by Gasteiger charge is 2.16. The number of fused-ring (bicyclic) bond motifs is 1. The molecule has 1 atom stereocenters. The number of amides is 2. The molecule has 0 saturated heterocycles. The first-order valence-electron chi connectivity index (χ1n) is 9.56. The van der Waals surface area contributed by atoms with Crippen LogP contribution in [-0.4, -0.2) is 12.6 Å². The third-order valence-electron chi connectivity index (χ3n) is 5.08. The monoisotopic (exact) mass is 370 g/mol. The first-order chi connectivity index (χ1) is 12.7. The van der Waals surface area contributed by atoms with Crippen molar-refractivity contribution < 1.29 is 4.79 Å². The van der Waals surface area contributed by atoms with E-state index in [0.717, 1.165) is 29.8 Å². The van der Waals surface area contributed by atoms with Crippen molar-refractivity contribution in [3.05, 3.63) is 69.7 Å². The summed E-state index contributed by atoms with van der Waals surface area (Å²) in [5.41, 5.74) is 5.26. The normalized spacial score (nSPS) is 14.4. The summed E-state index contributed by atoms with van der Waals surface area (Å²) in [5.74, 6) is 0. The number of aryl methyl sites for hydroxylation is 2. The van der Waals surface area contributed by atoms with Crippen molar-refractivity contribution in [1.82, 2.24) is 10.6 Å². The fraction of sp³-hybridized carbons (Fsp3) is 0.409. The van der Waals surface area contributed by atoms with Gasteiger partial charge in [0.25, 0.3) is 0 Å². The van der Waals surface area contributed by atoms with Crippen LogP contribution in [0, 0.1) is 0 Å². The van der Waals surface area contributed by atoms with Crippen LogP contribution in [0.2, 0.25) is 5.02 Å². The molecule has 2 N–H and O–H groups in total. The first kappa shape index (κ1) is 18.8. The Kier molecular flexibility index (Phi) is 6.56. The molecule has 4 heteroatoms. The number of halogens is 1. The number of hydrogen-bond acceptors (Lipinski definition) is 1. The Morgan fingerprint density at radius 1 is 1.12 bits per heavy atom. The minimum absolute atomic E-state index is 0.0494. The molecule has 2 aromatic carbocycles. The number of carbonyl (C=O) groups is 1. The number of urea groups is 1. The average Bonchev–Trinajstić information content (AvgIpc) is 2.66. The summed E-state index contributed by atoms with van der Waals surface area (Å²) in [5, 5.41) is 6.79. The van der Waals surface area contributed by atoms with Gasteiger partial charge in [0.1, 0.15) is 0 Å². The molecule has 2 amide bonds. The van der Waals surface area contributed by atoms with Gasteiger partial charge in [0.2, 0.25) is 0 Å². The van der Waals surface area contributed by atoms with Crippen molar-refractivity contribution in [3.63, 3.8) is 0 Å². The van der Waals surface area contributed by atoms with Crippen LogP contribution in [0.15, 0.2) is 42.5 Å². The summed E-state index contributed by atoms with van der Waals surface area (Å²) in [6.45, 7) is 2.70. The third-order valence-corrected chi connectivity index (χ3v) is 5.31. The Hall–Kier alpha value is -2.00. The molecule has 26 heavy (non-hydrogen) atoms. The predicted octanol–water partition coefficient (Wildman–Crippen LogP) is 5.21. The molecule has 0 saturated carbocycles. The highest BCUT2D eigenvalue weighted by atomic mass is 35.5. The van der Waals surface area contributed by atoms with Crippen LogP contribution in [0.3, 0.4) is 0 Å². The Morgan fingerprint density at radius 2 is 1.92 bits per heavy atom. The molecular weight excluding hydrogens is 344 g/mol. The van der Waals surface area contributed by atoms with Gasteiger partial charge in [0, 0.05) is 11.6 Å². The van der Waals surface area contributed by atoms with Gasteiger partial charge in [-0.1, -0.05) is 48.9 Å². The predicted molar refractivity (Wildman–Crippen MR) is 108 cm³/mol. The van der Waals surface area contributed by atoms with E-state index in [2.05, 4.69) is 35.8 Å². The fourth-order valence-corrected chi connectivity index (χ4v) is 3.83. The second kappa shape index (κ2) is 9.09. The van der Waals surface area contributed by atoms with E-state index in [1.807, 2.05) is 24.3 Å². The zero-order chi connectivity index (χ0) is 18.4. The molecule has 3 rings (SSSR count). The number of hydrogen-bond donors (Lipinski definition) is 2. The van der Waals surface area contributed by atoms with Gasteiger partial charge in [0.05, 0.1) is 6.04 Å². The van der Waals surface area contributed by atoms with E-state index >= 15 is 0 Å². The van der Waals surface area contributed by atoms with Gasteiger partial charge < -0.3 is 10.6 Å². The lowest BCUT2D eigenvalue weighted by Crippen LogP contribution is -2.38. The largest absolute Gasteiger partial charge is 0.338 e. The molecule has 2 aromatic rings. The van der Waals surface area contributed by atoms with E-state index in [1.54, 1.807) is 0 Å². The van der Waals surface area contributed by atoms with Crippen LogP contribution in [-0.2, 0) is 19.3 Å². The SMILES string of the molecule is CCC(NC(=O)NCCc1cccc(Cl)c1)c1ccc2c(c1)CCCC2. The lowest BCUT2D eigenvalue weighted by molar-refractivity contribution is 0.237. The summed E-state index contributed by atoms with van der Waals surface area (Å²) in [7, 11) is 0. The molecule has 0 spiro atoms. The molecule has 138 valence electrons. The molecule has 0 heterocycles. The van der Waals surface area contributed by atoms with Gasteiger partial charge in [-0.2, -0.15) is 0 Å². The van der Waals surface area contributed by atoms with E-state index in [1.165, 1.54) is 36.0 Å². The Labute approximate surface area is 161 Å². The van der Waals surface area contributed by atoms with Gasteiger partial charge in [-0.15, -0.1) is 0 Å². The first-order valence-corrected chi connectivity index (χ1v) is 9.94. The van der Waals surface area contributed by atoms with Crippen LogP contribution < -0.4 is 10.6 Å². The second-order valence-corrected chi connectivity index (χ2v) is 7.41. The number of nitrogens with one attached hydrogen (secondary N) is 2. The summed E-state index contributed by atoms with van der Waals surface area (Å²) >= 11 is 5.99. The van der Waals surface area contributed by atoms with Crippen LogP contribution in [0.5, 0.6) is 0 Å². The smallest absolute Gasteiger partial charge is 0.315 e. The lowest BCUT2D eigenvalue weighted by Gasteiger charge is -2.22. The van der Waals surface area contributed by atoms with Crippen molar-refractivity contribution in [2.45, 2.75) is 51.5 Å². The number of rotatable bonds is 6. The Bertz CT molecular complexity index is 760. The maximum absolute atomic E-state index is 12.3. The third kappa shape index (κ3) is 5.01. The lowest BCUT2D eigenvalue weighted by atomic mass is 9.89. The molecule has 1 unspecified atom stereocenters. The van der Waals surface area contributed by atoms with Crippen LogP contribution >= 0.6 is 11.6 Å². The van der Waals surface area contributed by atoms with Crippen molar-refractivity contribution in [2.75, 3.05) is 6.54 Å². The van der Waals surface area contributed by atoms with E-state index in [-0.39, 0.29) is 12.1 Å². The zero-order valence-electron chi connectivity index (χ0n) is 15.4. The number of carbonyl (C=O) groups excluding carboxylic acids is 1. The molecule has 1 aliphatic carbocycles. The summed E-state index contributed by atoms with van der Waals surface area (Å²) in [4.78, 5) is 12.3. The average molecular weight is 371 g/mol. The molecule has 1 aliphatic rings. The minimum atomic E-state index is -0.114. The Balaban J connectivity index is 1.53. The fourth-order valence-electron chi connectivity index (χ4n) is 3.61. The molecule has 3 nitrogen and oxygen atoms in total. The van der Waals surface area contributed by atoms with Gasteiger partial charge in [0.15, 0.2) is 0 Å². The van der Waals surface area contributed by atoms with Crippen molar-refractivity contribution in [1.29, 1.82) is 0 Å². The molecule has 0 bridgehead atoms. The van der Waals surface area contributed by atoms with Gasteiger partial charge >= 0.3 is 6.03 Å². The van der Waals surface area contributed by atoms with Crippen molar-refractivity contribution in [3.8, 4) is 0 Å². The van der Waals surface area contributed by atoms with E-state index in [0.29, 0.717) is 6.54 Å². The van der Waals surface area contributed by atoms with E-state index < -0.39 is 0 Å². The number of benzene rings is 2. The standard InChI is InChI=1S/C22H27ClN2O/c1-2-21(19-11-10-17-7-3-4-8-18(17)15-19)25-22(26)24-13-12-16-6-5-9-20(23)14-16/h5-6,9-11,14-15,21H,2-4,7-8,12-13H2,1H3,(H2,24,25,26). The van der Waals surface area contributed by atoms with Crippen molar-refractivity contribution >= 4 is 17.6 Å². The molecule has 0 aliphatic heterocycles. The highest BCUT2D eigenvalue weighted by molar-refractivity contribution is 6.30. The van der Waals surface area contributed by atoms with Gasteiger partial charge in [-0.3, -0.25) is 0 Å². The summed E-state index contributed by atoms with van der Waals surface area (Å²) in [6.07, 6.45) is 6.54. The van der Waals surface area contributed by atoms with Crippen LogP contribution in [0.25, 0.3) is 0 Å². The van der Waals surface area contributed by atoms with Gasteiger partial charge in [-0.25, -0.2) is 4.79 Å². The summed E-state index contributed by atoms with van der Waals surface area (Å²) < 4.78 is 0. The Morgan fingerprint density at radius 3 is 2.69 bits per heavy atom. The second-order valence-electron chi connectivity index (χ2n) is 6.98. The quantitative estimate of drug-likeness (QED) is 0.719. The molecule has 0 aromatic heterocycles. The van der Waals surface area contributed by atoms with Gasteiger partial charge in [-0.05, 0) is 72.9 Å². The topological polar surface area (TPSA) is 41.1 Å². The van der Waals surface area contributed by atoms with Crippen LogP contribution in [0.1, 0.15) is 54.5 Å². The summed E-state index contributed by atoms with van der Waals surface area (Å²) in [6, 6.07) is 14.4.